The van der Waals surface area contributed by atoms with Crippen molar-refractivity contribution in [1.29, 1.82) is 5.41 Å². The van der Waals surface area contributed by atoms with Crippen LogP contribution in [0.3, 0.4) is 0 Å². The number of carbonyl (C=O) groups is 1. The number of nitrogens with two attached hydrogens (primary N) is 1. The molecule has 2 aromatic carbocycles. The second-order valence-electron chi connectivity index (χ2n) is 8.20. The lowest BCUT2D eigenvalue weighted by atomic mass is 10.0. The molecule has 1 unspecified atom stereocenters. The minimum absolute atomic E-state index is 0.0519. The molecule has 0 saturated carbocycles. The zero-order chi connectivity index (χ0) is 27.8. The number of hydrogen-bond acceptors (Lipinski definition) is 10. The van der Waals surface area contributed by atoms with Crippen molar-refractivity contribution in [2.24, 2.45) is 5.73 Å². The lowest BCUT2D eigenvalue weighted by molar-refractivity contribution is -0.141. The van der Waals surface area contributed by atoms with Gasteiger partial charge in [0.15, 0.2) is 5.82 Å². The highest BCUT2D eigenvalue weighted by Crippen LogP contribution is 2.31. The summed E-state index contributed by atoms with van der Waals surface area (Å²) in [5.74, 6) is 0.947. The first-order chi connectivity index (χ1) is 18.8. The van der Waals surface area contributed by atoms with Gasteiger partial charge in [0.25, 0.3) is 5.95 Å². The predicted molar refractivity (Wildman–Crippen MR) is 142 cm³/mol. The van der Waals surface area contributed by atoms with Gasteiger partial charge in [-0.2, -0.15) is 0 Å². The van der Waals surface area contributed by atoms with E-state index >= 15 is 0 Å². The van der Waals surface area contributed by atoms with Crippen LogP contribution in [0.2, 0.25) is 0 Å². The van der Waals surface area contributed by atoms with Crippen molar-refractivity contribution in [3.63, 3.8) is 0 Å². The number of benzene rings is 2. The molecular formula is C26H28N8O5. The van der Waals surface area contributed by atoms with E-state index in [-0.39, 0.29) is 30.8 Å². The second kappa shape index (κ2) is 12.4. The van der Waals surface area contributed by atoms with E-state index in [4.69, 9.17) is 25.4 Å². The number of hydrogen-bond donors (Lipinski definition) is 4. The van der Waals surface area contributed by atoms with Crippen LogP contribution in [0.1, 0.15) is 36.8 Å². The zero-order valence-electron chi connectivity index (χ0n) is 21.4. The molecule has 202 valence electrons. The Morgan fingerprint density at radius 2 is 1.79 bits per heavy atom. The lowest BCUT2D eigenvalue weighted by Gasteiger charge is -2.20. The molecule has 0 aliphatic rings. The van der Waals surface area contributed by atoms with Gasteiger partial charge in [0, 0.05) is 36.6 Å². The number of aromatic amines is 1. The molecule has 0 radical (unpaired) electrons. The molecule has 4 aromatic rings. The number of amidine groups is 1. The fraction of sp³-hybridized carbons (Fsp3) is 0.231. The Kier molecular flexibility index (Phi) is 8.51. The maximum Gasteiger partial charge on any atom is 0.350 e. The van der Waals surface area contributed by atoms with Gasteiger partial charge in [-0.05, 0) is 55.0 Å². The molecule has 0 amide bonds. The van der Waals surface area contributed by atoms with Crippen molar-refractivity contribution < 1.29 is 19.0 Å². The van der Waals surface area contributed by atoms with Crippen LogP contribution in [0.4, 0.5) is 5.69 Å². The fourth-order valence-electron chi connectivity index (χ4n) is 3.67. The minimum atomic E-state index is -0.679. The summed E-state index contributed by atoms with van der Waals surface area (Å²) in [4.78, 5) is 34.9. The van der Waals surface area contributed by atoms with Crippen LogP contribution in [0, 0.1) is 5.41 Å². The summed E-state index contributed by atoms with van der Waals surface area (Å²) in [5.41, 5.74) is 6.98. The predicted octanol–water partition coefficient (Wildman–Crippen LogP) is 2.18. The highest BCUT2D eigenvalue weighted by atomic mass is 16.6. The monoisotopic (exact) mass is 532 g/mol. The van der Waals surface area contributed by atoms with Crippen molar-refractivity contribution in [2.75, 3.05) is 25.1 Å². The number of nitrogens with one attached hydrogen (secondary N) is 3. The Balaban J connectivity index is 1.74. The van der Waals surface area contributed by atoms with E-state index in [1.165, 1.54) is 19.3 Å². The van der Waals surface area contributed by atoms with Gasteiger partial charge in [-0.15, -0.1) is 9.78 Å². The number of rotatable bonds is 12. The molecule has 0 fully saturated rings. The van der Waals surface area contributed by atoms with E-state index in [0.29, 0.717) is 34.9 Å². The van der Waals surface area contributed by atoms with Crippen molar-refractivity contribution in [3.05, 3.63) is 88.4 Å². The van der Waals surface area contributed by atoms with E-state index in [9.17, 15) is 9.59 Å². The Bertz CT molecular complexity index is 1480. The third-order valence-electron chi connectivity index (χ3n) is 5.36. The van der Waals surface area contributed by atoms with Crippen molar-refractivity contribution >= 4 is 17.5 Å². The van der Waals surface area contributed by atoms with Crippen LogP contribution in [-0.2, 0) is 9.53 Å². The minimum Gasteiger partial charge on any atom is -0.494 e. The molecule has 2 heterocycles. The number of carbonyl (C=O) groups excluding carboxylic acids is 1. The Hall–Kier alpha value is -5.20. The Morgan fingerprint density at radius 1 is 1.10 bits per heavy atom. The average molecular weight is 533 g/mol. The molecule has 2 aromatic heterocycles. The number of nitrogens with zero attached hydrogens (tertiary/aromatic N) is 4. The average Bonchev–Trinajstić information content (AvgIpc) is 3.31. The first-order valence-corrected chi connectivity index (χ1v) is 12.1. The maximum absolute atomic E-state index is 12.8. The third-order valence-corrected chi connectivity index (χ3v) is 5.36. The van der Waals surface area contributed by atoms with E-state index < -0.39 is 17.7 Å². The molecule has 0 saturated heterocycles. The van der Waals surface area contributed by atoms with Crippen LogP contribution in [0.25, 0.3) is 5.95 Å². The van der Waals surface area contributed by atoms with Gasteiger partial charge in [-0.3, -0.25) is 15.2 Å². The number of esters is 1. The largest absolute Gasteiger partial charge is 0.494 e. The number of H-pyrrole nitrogens is 1. The highest BCUT2D eigenvalue weighted by Gasteiger charge is 2.23. The van der Waals surface area contributed by atoms with Crippen molar-refractivity contribution in [3.8, 4) is 17.4 Å². The summed E-state index contributed by atoms with van der Waals surface area (Å²) < 4.78 is 17.6. The van der Waals surface area contributed by atoms with Gasteiger partial charge in [0.05, 0.1) is 6.61 Å². The summed E-state index contributed by atoms with van der Waals surface area (Å²) in [7, 11) is 0. The molecule has 13 nitrogen and oxygen atoms in total. The number of anilines is 1. The molecule has 1 atom stereocenters. The van der Waals surface area contributed by atoms with Gasteiger partial charge in [-0.25, -0.2) is 14.8 Å². The number of aromatic nitrogens is 5. The van der Waals surface area contributed by atoms with Crippen LogP contribution in [0.15, 0.2) is 65.7 Å². The van der Waals surface area contributed by atoms with E-state index in [0.717, 1.165) is 4.68 Å². The van der Waals surface area contributed by atoms with Crippen molar-refractivity contribution in [2.45, 2.75) is 19.9 Å². The normalized spacial score (nSPS) is 11.4. The Labute approximate surface area is 223 Å². The molecular weight excluding hydrogens is 504 g/mol. The second-order valence-corrected chi connectivity index (χ2v) is 8.20. The smallest absolute Gasteiger partial charge is 0.350 e. The Morgan fingerprint density at radius 3 is 2.44 bits per heavy atom. The standard InChI is InChI=1S/C26H28N8O5/c1-3-37-20-13-18(14-21(15-20)39-12-11-38-16(2)35)22(31-19-7-5-17(6-8-19)23(27)28)24-32-26(36)34(33-24)25-29-9-4-10-30-25/h4-10,13-15,22,31H,3,11-12H2,1-2H3,(H3,27,28)(H,32,33,36). The summed E-state index contributed by atoms with van der Waals surface area (Å²) >= 11 is 0. The summed E-state index contributed by atoms with van der Waals surface area (Å²) in [6.07, 6.45) is 3.03. The fourth-order valence-corrected chi connectivity index (χ4v) is 3.67. The van der Waals surface area contributed by atoms with Gasteiger partial charge >= 0.3 is 11.7 Å². The molecule has 5 N–H and O–H groups in total. The molecule has 0 aliphatic carbocycles. The van der Waals surface area contributed by atoms with Crippen LogP contribution in [0.5, 0.6) is 11.5 Å². The molecule has 0 bridgehead atoms. The summed E-state index contributed by atoms with van der Waals surface area (Å²) in [6.45, 7) is 3.82. The highest BCUT2D eigenvalue weighted by molar-refractivity contribution is 5.95. The van der Waals surface area contributed by atoms with Crippen molar-refractivity contribution in [1.82, 2.24) is 24.7 Å². The van der Waals surface area contributed by atoms with Crippen LogP contribution >= 0.6 is 0 Å². The molecule has 4 rings (SSSR count). The van der Waals surface area contributed by atoms with Crippen LogP contribution < -0.4 is 26.2 Å². The number of nitrogen functional groups attached to an aromatic ring is 1. The van der Waals surface area contributed by atoms with Crippen LogP contribution in [-0.4, -0.2) is 56.4 Å². The third kappa shape index (κ3) is 6.97. The van der Waals surface area contributed by atoms with Gasteiger partial charge in [0.2, 0.25) is 0 Å². The van der Waals surface area contributed by atoms with E-state index in [1.54, 1.807) is 48.5 Å². The molecule has 39 heavy (non-hydrogen) atoms. The van der Waals surface area contributed by atoms with E-state index in [2.05, 4.69) is 25.4 Å². The van der Waals surface area contributed by atoms with Gasteiger partial charge in [0.1, 0.15) is 36.6 Å². The quantitative estimate of drug-likeness (QED) is 0.0913. The van der Waals surface area contributed by atoms with Gasteiger partial charge < -0.3 is 25.3 Å². The first-order valence-electron chi connectivity index (χ1n) is 12.1. The number of ether oxygens (including phenoxy) is 3. The SMILES string of the molecule is CCOc1cc(OCCOC(C)=O)cc(C(Nc2ccc(C(=N)N)cc2)c2nn(-c3ncccn3)c(=O)[nH]2)c1. The lowest BCUT2D eigenvalue weighted by Crippen LogP contribution is -2.18. The van der Waals surface area contributed by atoms with E-state index in [1.807, 2.05) is 6.92 Å². The topological polar surface area (TPSA) is 183 Å². The van der Waals surface area contributed by atoms with Gasteiger partial charge in [-0.1, -0.05) is 0 Å². The summed E-state index contributed by atoms with van der Waals surface area (Å²) in [6, 6.07) is 13.2. The molecule has 0 spiro atoms. The molecule has 13 heteroatoms. The zero-order valence-corrected chi connectivity index (χ0v) is 21.4. The molecule has 0 aliphatic heterocycles. The maximum atomic E-state index is 12.8. The summed E-state index contributed by atoms with van der Waals surface area (Å²) in [5, 5.41) is 15.5. The first kappa shape index (κ1) is 26.9.